The number of methoxy groups -OCH3 is 1. The predicted molar refractivity (Wildman–Crippen MR) is 100 cm³/mol. The molecule has 0 aromatic heterocycles. The van der Waals surface area contributed by atoms with E-state index in [1.165, 1.54) is 49.6 Å². The van der Waals surface area contributed by atoms with Gasteiger partial charge in [0.2, 0.25) is 0 Å². The number of halogens is 1. The standard InChI is InChI=1S/C19H20FNO5S/c1-4-12-21(15-8-6-14(7-9-15)19(22)26-5-2)27(23,24)16-10-11-18(25-3)17(20)13-16/h4,6-11,13H,1,5,12H2,2-3H3. The summed E-state index contributed by atoms with van der Waals surface area (Å²) in [4.78, 5) is 11.5. The molecule has 0 saturated carbocycles. The van der Waals surface area contributed by atoms with Crippen molar-refractivity contribution in [3.63, 3.8) is 0 Å². The van der Waals surface area contributed by atoms with Crippen LogP contribution >= 0.6 is 0 Å². The van der Waals surface area contributed by atoms with Crippen molar-refractivity contribution in [2.24, 2.45) is 0 Å². The van der Waals surface area contributed by atoms with E-state index < -0.39 is 21.8 Å². The summed E-state index contributed by atoms with van der Waals surface area (Å²) in [5.74, 6) is -1.34. The van der Waals surface area contributed by atoms with E-state index in [-0.39, 0.29) is 23.8 Å². The van der Waals surface area contributed by atoms with E-state index >= 15 is 0 Å². The van der Waals surface area contributed by atoms with Crippen LogP contribution in [0.25, 0.3) is 0 Å². The molecule has 144 valence electrons. The lowest BCUT2D eigenvalue weighted by Gasteiger charge is -2.23. The van der Waals surface area contributed by atoms with Crippen LogP contribution in [0.1, 0.15) is 17.3 Å². The summed E-state index contributed by atoms with van der Waals surface area (Å²) in [5, 5.41) is 0. The monoisotopic (exact) mass is 393 g/mol. The summed E-state index contributed by atoms with van der Waals surface area (Å²) in [6.07, 6.45) is 1.41. The van der Waals surface area contributed by atoms with Crippen molar-refractivity contribution in [3.05, 3.63) is 66.5 Å². The van der Waals surface area contributed by atoms with Gasteiger partial charge in [-0.3, -0.25) is 4.31 Å². The van der Waals surface area contributed by atoms with Crippen molar-refractivity contribution >= 4 is 21.7 Å². The lowest BCUT2D eigenvalue weighted by Crippen LogP contribution is -2.31. The van der Waals surface area contributed by atoms with E-state index in [0.29, 0.717) is 11.3 Å². The molecule has 2 rings (SSSR count). The number of esters is 1. The van der Waals surface area contributed by atoms with Gasteiger partial charge in [0, 0.05) is 0 Å². The molecule has 6 nitrogen and oxygen atoms in total. The van der Waals surface area contributed by atoms with Crippen LogP contribution in [0.3, 0.4) is 0 Å². The number of hydrogen-bond acceptors (Lipinski definition) is 5. The normalized spacial score (nSPS) is 10.9. The third-order valence-electron chi connectivity index (χ3n) is 3.67. The van der Waals surface area contributed by atoms with Crippen LogP contribution in [0.15, 0.2) is 60.0 Å². The molecule has 0 saturated heterocycles. The largest absolute Gasteiger partial charge is 0.494 e. The van der Waals surface area contributed by atoms with E-state index in [1.54, 1.807) is 6.92 Å². The predicted octanol–water partition coefficient (Wildman–Crippen LogP) is 3.39. The molecule has 0 atom stereocenters. The molecule has 2 aromatic rings. The molecular weight excluding hydrogens is 373 g/mol. The van der Waals surface area contributed by atoms with Crippen molar-refractivity contribution in [2.45, 2.75) is 11.8 Å². The molecule has 0 radical (unpaired) electrons. The highest BCUT2D eigenvalue weighted by atomic mass is 32.2. The Balaban J connectivity index is 2.42. The number of rotatable bonds is 8. The SMILES string of the molecule is C=CCN(c1ccc(C(=O)OCC)cc1)S(=O)(=O)c1ccc(OC)c(F)c1. The Morgan fingerprint density at radius 2 is 1.89 bits per heavy atom. The zero-order valence-corrected chi connectivity index (χ0v) is 15.8. The Bertz CT molecular complexity index is 926. The number of carbonyl (C=O) groups excluding carboxylic acids is 1. The van der Waals surface area contributed by atoms with E-state index in [0.717, 1.165) is 10.4 Å². The van der Waals surface area contributed by atoms with Crippen LogP contribution in [0.5, 0.6) is 5.75 Å². The fraction of sp³-hybridized carbons (Fsp3) is 0.211. The van der Waals surface area contributed by atoms with Gasteiger partial charge in [-0.05, 0) is 49.4 Å². The number of benzene rings is 2. The van der Waals surface area contributed by atoms with Crippen LogP contribution in [-0.4, -0.2) is 34.6 Å². The first-order chi connectivity index (χ1) is 12.8. The number of sulfonamides is 1. The number of ether oxygens (including phenoxy) is 2. The van der Waals surface area contributed by atoms with E-state index in [1.807, 2.05) is 0 Å². The lowest BCUT2D eigenvalue weighted by molar-refractivity contribution is 0.0526. The molecule has 8 heteroatoms. The fourth-order valence-corrected chi connectivity index (χ4v) is 3.82. The summed E-state index contributed by atoms with van der Waals surface area (Å²) in [6, 6.07) is 9.30. The van der Waals surface area contributed by atoms with Crippen molar-refractivity contribution in [3.8, 4) is 5.75 Å². The number of carbonyl (C=O) groups is 1. The highest BCUT2D eigenvalue weighted by Gasteiger charge is 2.25. The zero-order chi connectivity index (χ0) is 20.0. The molecule has 0 spiro atoms. The summed E-state index contributed by atoms with van der Waals surface area (Å²) < 4.78 is 50.7. The molecule has 0 bridgehead atoms. The van der Waals surface area contributed by atoms with Crippen LogP contribution in [-0.2, 0) is 14.8 Å². The van der Waals surface area contributed by atoms with Gasteiger partial charge < -0.3 is 9.47 Å². The molecule has 0 N–H and O–H groups in total. The summed E-state index contributed by atoms with van der Waals surface area (Å²) in [5.41, 5.74) is 0.603. The third kappa shape index (κ3) is 4.46. The van der Waals surface area contributed by atoms with Gasteiger partial charge in [-0.15, -0.1) is 6.58 Å². The van der Waals surface area contributed by atoms with Gasteiger partial charge in [0.1, 0.15) is 0 Å². The molecule has 0 aliphatic carbocycles. The Kier molecular flexibility index (Phi) is 6.57. The van der Waals surface area contributed by atoms with Gasteiger partial charge in [0.25, 0.3) is 10.0 Å². The second-order valence-electron chi connectivity index (χ2n) is 5.39. The quantitative estimate of drug-likeness (QED) is 0.508. The summed E-state index contributed by atoms with van der Waals surface area (Å²) >= 11 is 0. The highest BCUT2D eigenvalue weighted by molar-refractivity contribution is 7.92. The maximum Gasteiger partial charge on any atom is 0.338 e. The van der Waals surface area contributed by atoms with Crippen molar-refractivity contribution in [1.29, 1.82) is 0 Å². The Labute approximate surface area is 157 Å². The van der Waals surface area contributed by atoms with Gasteiger partial charge in [-0.2, -0.15) is 0 Å². The maximum atomic E-state index is 14.0. The van der Waals surface area contributed by atoms with Crippen LogP contribution in [0.2, 0.25) is 0 Å². The van der Waals surface area contributed by atoms with Crippen LogP contribution in [0.4, 0.5) is 10.1 Å². The van der Waals surface area contributed by atoms with Gasteiger partial charge >= 0.3 is 5.97 Å². The molecule has 0 fully saturated rings. The van der Waals surface area contributed by atoms with Gasteiger partial charge in [0.15, 0.2) is 11.6 Å². The number of nitrogens with zero attached hydrogens (tertiary/aromatic N) is 1. The minimum atomic E-state index is -4.06. The number of hydrogen-bond donors (Lipinski definition) is 0. The van der Waals surface area contributed by atoms with Crippen molar-refractivity contribution in [1.82, 2.24) is 0 Å². The molecule has 0 aliphatic rings. The molecule has 27 heavy (non-hydrogen) atoms. The molecule has 2 aromatic carbocycles. The van der Waals surface area contributed by atoms with Crippen LogP contribution < -0.4 is 9.04 Å². The topological polar surface area (TPSA) is 72.9 Å². The Hall–Kier alpha value is -2.87. The minimum absolute atomic E-state index is 0.0330. The molecule has 0 heterocycles. The zero-order valence-electron chi connectivity index (χ0n) is 15.0. The average molecular weight is 393 g/mol. The molecule has 0 amide bonds. The van der Waals surface area contributed by atoms with E-state index in [2.05, 4.69) is 6.58 Å². The first-order valence-corrected chi connectivity index (χ1v) is 9.53. The molecule has 0 aliphatic heterocycles. The maximum absolute atomic E-state index is 14.0. The second kappa shape index (κ2) is 8.68. The number of anilines is 1. The van der Waals surface area contributed by atoms with Gasteiger partial charge in [-0.25, -0.2) is 17.6 Å². The second-order valence-corrected chi connectivity index (χ2v) is 7.25. The smallest absolute Gasteiger partial charge is 0.338 e. The Morgan fingerprint density at radius 1 is 1.22 bits per heavy atom. The van der Waals surface area contributed by atoms with E-state index in [4.69, 9.17) is 9.47 Å². The van der Waals surface area contributed by atoms with Crippen molar-refractivity contribution < 1.29 is 27.1 Å². The third-order valence-corrected chi connectivity index (χ3v) is 5.46. The summed E-state index contributed by atoms with van der Waals surface area (Å²) in [7, 11) is -2.76. The fourth-order valence-electron chi connectivity index (χ4n) is 2.37. The minimum Gasteiger partial charge on any atom is -0.494 e. The first-order valence-electron chi connectivity index (χ1n) is 8.09. The van der Waals surface area contributed by atoms with Gasteiger partial charge in [-0.1, -0.05) is 6.08 Å². The molecular formula is C19H20FNO5S. The van der Waals surface area contributed by atoms with E-state index in [9.17, 15) is 17.6 Å². The summed E-state index contributed by atoms with van der Waals surface area (Å²) in [6.45, 7) is 5.47. The lowest BCUT2D eigenvalue weighted by atomic mass is 10.2. The van der Waals surface area contributed by atoms with Gasteiger partial charge in [0.05, 0.1) is 36.4 Å². The highest BCUT2D eigenvalue weighted by Crippen LogP contribution is 2.27. The van der Waals surface area contributed by atoms with Crippen LogP contribution in [0, 0.1) is 5.82 Å². The molecule has 0 unspecified atom stereocenters. The Morgan fingerprint density at radius 3 is 2.41 bits per heavy atom. The van der Waals surface area contributed by atoms with Crippen molar-refractivity contribution in [2.75, 3.05) is 24.6 Å². The average Bonchev–Trinajstić information content (AvgIpc) is 2.66. The first kappa shape index (κ1) is 20.4.